The van der Waals surface area contributed by atoms with E-state index in [1.54, 1.807) is 12.1 Å². The van der Waals surface area contributed by atoms with Crippen LogP contribution >= 0.6 is 0 Å². The highest BCUT2D eigenvalue weighted by atomic mass is 19.1. The highest BCUT2D eigenvalue weighted by Gasteiger charge is 2.10. The summed E-state index contributed by atoms with van der Waals surface area (Å²) in [4.78, 5) is 2.23. The molecule has 1 aromatic carbocycles. The number of nitrogens with two attached hydrogens (primary N) is 1. The van der Waals surface area contributed by atoms with Crippen molar-refractivity contribution < 1.29 is 13.9 Å². The van der Waals surface area contributed by atoms with Crippen molar-refractivity contribution in [3.05, 3.63) is 24.0 Å². The fourth-order valence-electron chi connectivity index (χ4n) is 1.82. The van der Waals surface area contributed by atoms with Crippen LogP contribution in [0.4, 0.5) is 10.1 Å². The van der Waals surface area contributed by atoms with Crippen LogP contribution in [0, 0.1) is 5.82 Å². The van der Waals surface area contributed by atoms with Gasteiger partial charge < -0.3 is 14.9 Å². The van der Waals surface area contributed by atoms with E-state index in [1.807, 2.05) is 0 Å². The van der Waals surface area contributed by atoms with Crippen molar-refractivity contribution in [2.75, 3.05) is 44.9 Å². The number of hydrogen-bond acceptors (Lipinski definition) is 5. The Kier molecular flexibility index (Phi) is 4.74. The van der Waals surface area contributed by atoms with E-state index < -0.39 is 5.82 Å². The van der Waals surface area contributed by atoms with Crippen LogP contribution in [0.25, 0.3) is 0 Å². The molecular weight excluding hydrogens is 237 g/mol. The first-order valence-electron chi connectivity index (χ1n) is 5.98. The second kappa shape index (κ2) is 6.53. The molecule has 0 radical (unpaired) electrons. The molecule has 18 heavy (non-hydrogen) atoms. The highest BCUT2D eigenvalue weighted by Crippen LogP contribution is 2.20. The fraction of sp³-hybridized carbons (Fsp3) is 0.500. The Labute approximate surface area is 106 Å². The second-order valence-electron chi connectivity index (χ2n) is 4.09. The minimum atomic E-state index is -0.410. The first-order valence-corrected chi connectivity index (χ1v) is 5.98. The van der Waals surface area contributed by atoms with Crippen LogP contribution in [0.2, 0.25) is 0 Å². The topological polar surface area (TPSA) is 59.8 Å². The van der Waals surface area contributed by atoms with Crippen LogP contribution in [0.5, 0.6) is 5.75 Å². The smallest absolute Gasteiger partial charge is 0.167 e. The van der Waals surface area contributed by atoms with E-state index in [2.05, 4.69) is 10.3 Å². The molecule has 0 bridgehead atoms. The molecule has 1 heterocycles. The van der Waals surface area contributed by atoms with Gasteiger partial charge in [0, 0.05) is 25.7 Å². The van der Waals surface area contributed by atoms with Crippen molar-refractivity contribution in [1.29, 1.82) is 0 Å². The number of morpholine rings is 1. The van der Waals surface area contributed by atoms with Crippen LogP contribution in [-0.4, -0.2) is 44.4 Å². The second-order valence-corrected chi connectivity index (χ2v) is 4.09. The largest absolute Gasteiger partial charge is 0.489 e. The third-order valence-corrected chi connectivity index (χ3v) is 2.87. The van der Waals surface area contributed by atoms with E-state index in [9.17, 15) is 4.39 Å². The number of nitrogens with zero attached hydrogens (tertiary/aromatic N) is 1. The number of hydrogen-bond donors (Lipinski definition) is 2. The molecule has 0 spiro atoms. The van der Waals surface area contributed by atoms with Gasteiger partial charge in [0.1, 0.15) is 6.61 Å². The van der Waals surface area contributed by atoms with Gasteiger partial charge in [-0.05, 0) is 12.1 Å². The zero-order valence-electron chi connectivity index (χ0n) is 10.2. The Bertz CT molecular complexity index is 384. The van der Waals surface area contributed by atoms with Gasteiger partial charge in [-0.3, -0.25) is 10.7 Å². The molecule has 1 aromatic rings. The average Bonchev–Trinajstić information content (AvgIpc) is 2.42. The Morgan fingerprint density at radius 1 is 1.39 bits per heavy atom. The van der Waals surface area contributed by atoms with Gasteiger partial charge in [0.05, 0.1) is 18.9 Å². The summed E-state index contributed by atoms with van der Waals surface area (Å²) in [6.45, 7) is 4.56. The number of halogens is 1. The molecule has 1 aliphatic rings. The molecule has 5 nitrogen and oxygen atoms in total. The Morgan fingerprint density at radius 2 is 2.17 bits per heavy atom. The van der Waals surface area contributed by atoms with Crippen LogP contribution in [0.1, 0.15) is 0 Å². The summed E-state index contributed by atoms with van der Waals surface area (Å²) >= 11 is 0. The molecule has 2 rings (SSSR count). The molecule has 100 valence electrons. The van der Waals surface area contributed by atoms with Crippen molar-refractivity contribution >= 4 is 5.69 Å². The summed E-state index contributed by atoms with van der Waals surface area (Å²) < 4.78 is 24.2. The summed E-state index contributed by atoms with van der Waals surface area (Å²) in [6, 6.07) is 4.56. The third-order valence-electron chi connectivity index (χ3n) is 2.87. The van der Waals surface area contributed by atoms with Crippen molar-refractivity contribution in [3.8, 4) is 5.75 Å². The fourth-order valence-corrected chi connectivity index (χ4v) is 1.82. The molecule has 0 atom stereocenters. The predicted molar refractivity (Wildman–Crippen MR) is 67.0 cm³/mol. The predicted octanol–water partition coefficient (Wildman–Crippen LogP) is 0.822. The summed E-state index contributed by atoms with van der Waals surface area (Å²) in [5.74, 6) is 5.03. The first-order chi connectivity index (χ1) is 8.79. The van der Waals surface area contributed by atoms with Gasteiger partial charge in [0.25, 0.3) is 0 Å². The van der Waals surface area contributed by atoms with Gasteiger partial charge in [0.15, 0.2) is 11.6 Å². The number of hydrazine groups is 1. The minimum Gasteiger partial charge on any atom is -0.489 e. The normalized spacial score (nSPS) is 16.6. The molecule has 0 aromatic heterocycles. The lowest BCUT2D eigenvalue weighted by Gasteiger charge is -2.26. The van der Waals surface area contributed by atoms with Crippen molar-refractivity contribution in [2.45, 2.75) is 0 Å². The third kappa shape index (κ3) is 3.56. The lowest BCUT2D eigenvalue weighted by atomic mass is 10.3. The zero-order valence-corrected chi connectivity index (χ0v) is 10.2. The SMILES string of the molecule is NNc1ccc(OCCN2CCOCC2)c(F)c1. The van der Waals surface area contributed by atoms with Crippen molar-refractivity contribution in [3.63, 3.8) is 0 Å². The molecule has 0 aliphatic carbocycles. The van der Waals surface area contributed by atoms with Crippen molar-refractivity contribution in [2.24, 2.45) is 5.84 Å². The molecule has 1 aliphatic heterocycles. The number of anilines is 1. The Balaban J connectivity index is 1.79. The van der Waals surface area contributed by atoms with Crippen LogP contribution in [-0.2, 0) is 4.74 Å². The lowest BCUT2D eigenvalue weighted by Crippen LogP contribution is -2.38. The first kappa shape index (κ1) is 13.1. The van der Waals surface area contributed by atoms with Gasteiger partial charge in [-0.1, -0.05) is 0 Å². The maximum absolute atomic E-state index is 13.5. The molecule has 6 heteroatoms. The number of nitrogens with one attached hydrogen (secondary N) is 1. The Hall–Kier alpha value is -1.37. The summed E-state index contributed by atoms with van der Waals surface area (Å²) in [7, 11) is 0. The van der Waals surface area contributed by atoms with Crippen LogP contribution < -0.4 is 16.0 Å². The van der Waals surface area contributed by atoms with Crippen LogP contribution in [0.3, 0.4) is 0 Å². The monoisotopic (exact) mass is 255 g/mol. The molecule has 0 amide bonds. The molecule has 1 fully saturated rings. The van der Waals surface area contributed by atoms with Gasteiger partial charge in [-0.15, -0.1) is 0 Å². The molecule has 0 unspecified atom stereocenters. The van der Waals surface area contributed by atoms with E-state index in [-0.39, 0.29) is 5.75 Å². The van der Waals surface area contributed by atoms with E-state index in [0.717, 1.165) is 32.8 Å². The van der Waals surface area contributed by atoms with Gasteiger partial charge in [-0.2, -0.15) is 0 Å². The van der Waals surface area contributed by atoms with Gasteiger partial charge >= 0.3 is 0 Å². The molecular formula is C12H18FN3O2. The summed E-state index contributed by atoms with van der Waals surface area (Å²) in [5.41, 5.74) is 2.91. The maximum atomic E-state index is 13.5. The number of rotatable bonds is 5. The Morgan fingerprint density at radius 3 is 2.83 bits per heavy atom. The van der Waals surface area contributed by atoms with Crippen LogP contribution in [0.15, 0.2) is 18.2 Å². The van der Waals surface area contributed by atoms with Crippen molar-refractivity contribution in [1.82, 2.24) is 4.90 Å². The van der Waals surface area contributed by atoms with Gasteiger partial charge in [-0.25, -0.2) is 4.39 Å². The minimum absolute atomic E-state index is 0.252. The molecule has 1 saturated heterocycles. The summed E-state index contributed by atoms with van der Waals surface area (Å²) in [6.07, 6.45) is 0. The highest BCUT2D eigenvalue weighted by molar-refractivity contribution is 5.46. The number of benzene rings is 1. The quantitative estimate of drug-likeness (QED) is 0.602. The maximum Gasteiger partial charge on any atom is 0.167 e. The van der Waals surface area contributed by atoms with E-state index >= 15 is 0 Å². The van der Waals surface area contributed by atoms with E-state index in [0.29, 0.717) is 12.3 Å². The standard InChI is InChI=1S/C12H18FN3O2/c13-11-9-10(15-14)1-2-12(11)18-8-5-16-3-6-17-7-4-16/h1-2,9,15H,3-8,14H2. The molecule has 3 N–H and O–H groups in total. The molecule has 0 saturated carbocycles. The van der Waals surface area contributed by atoms with E-state index in [1.165, 1.54) is 6.07 Å². The number of ether oxygens (including phenoxy) is 2. The number of nitrogen functional groups attached to an aromatic ring is 1. The lowest BCUT2D eigenvalue weighted by molar-refractivity contribution is 0.0320. The summed E-state index contributed by atoms with van der Waals surface area (Å²) in [5, 5.41) is 0. The van der Waals surface area contributed by atoms with Gasteiger partial charge in [0.2, 0.25) is 0 Å². The zero-order chi connectivity index (χ0) is 12.8. The van der Waals surface area contributed by atoms with E-state index in [4.69, 9.17) is 15.3 Å². The average molecular weight is 255 g/mol.